The topological polar surface area (TPSA) is 35.5 Å². The summed E-state index contributed by atoms with van der Waals surface area (Å²) in [7, 11) is 0. The summed E-state index contributed by atoms with van der Waals surface area (Å²) in [5.74, 6) is 0. The highest BCUT2D eigenvalue weighted by Crippen LogP contribution is 2.27. The van der Waals surface area contributed by atoms with Crippen LogP contribution in [0.3, 0.4) is 0 Å². The monoisotopic (exact) mass is 184 g/mol. The summed E-state index contributed by atoms with van der Waals surface area (Å²) in [4.78, 5) is 2.60. The molecule has 1 saturated carbocycles. The van der Waals surface area contributed by atoms with Crippen LogP contribution < -0.4 is 5.32 Å². The number of aliphatic hydroxyl groups is 1. The second-order valence-electron chi connectivity index (χ2n) is 4.24. The molecule has 2 fully saturated rings. The van der Waals surface area contributed by atoms with E-state index in [1.54, 1.807) is 0 Å². The first-order valence-electron chi connectivity index (χ1n) is 5.48. The van der Waals surface area contributed by atoms with Gasteiger partial charge in [0.25, 0.3) is 0 Å². The van der Waals surface area contributed by atoms with Crippen LogP contribution in [0.5, 0.6) is 0 Å². The van der Waals surface area contributed by atoms with Gasteiger partial charge in [-0.25, -0.2) is 0 Å². The number of hydrogen-bond acceptors (Lipinski definition) is 3. The molecule has 0 aromatic heterocycles. The molecule has 0 bridgehead atoms. The molecule has 1 aliphatic carbocycles. The van der Waals surface area contributed by atoms with E-state index in [1.807, 2.05) is 0 Å². The van der Waals surface area contributed by atoms with Gasteiger partial charge in [0.1, 0.15) is 0 Å². The second kappa shape index (κ2) is 4.40. The first-order chi connectivity index (χ1) is 6.40. The molecule has 0 aromatic rings. The van der Waals surface area contributed by atoms with E-state index in [0.717, 1.165) is 25.6 Å². The van der Waals surface area contributed by atoms with Crippen LogP contribution >= 0.6 is 0 Å². The molecule has 0 amide bonds. The van der Waals surface area contributed by atoms with Gasteiger partial charge in [0.05, 0.1) is 0 Å². The van der Waals surface area contributed by atoms with Gasteiger partial charge in [-0.15, -0.1) is 0 Å². The molecule has 1 unspecified atom stereocenters. The fourth-order valence-electron chi connectivity index (χ4n) is 2.15. The number of rotatable bonds is 3. The fourth-order valence-corrected chi connectivity index (χ4v) is 2.15. The Bertz CT molecular complexity index is 159. The van der Waals surface area contributed by atoms with Crippen LogP contribution in [0.15, 0.2) is 0 Å². The lowest BCUT2D eigenvalue weighted by Gasteiger charge is -2.23. The van der Waals surface area contributed by atoms with E-state index in [2.05, 4.69) is 10.2 Å². The Kier molecular flexibility index (Phi) is 3.19. The van der Waals surface area contributed by atoms with Crippen molar-refractivity contribution >= 4 is 0 Å². The van der Waals surface area contributed by atoms with Crippen LogP contribution in [0.1, 0.15) is 25.7 Å². The molecule has 1 saturated heterocycles. The summed E-state index contributed by atoms with van der Waals surface area (Å²) < 4.78 is 0. The molecular weight excluding hydrogens is 164 g/mol. The molecule has 0 aromatic carbocycles. The van der Waals surface area contributed by atoms with Gasteiger partial charge in [-0.05, 0) is 38.8 Å². The first-order valence-corrected chi connectivity index (χ1v) is 5.48. The normalized spacial score (nSPS) is 31.6. The van der Waals surface area contributed by atoms with Crippen LogP contribution in [-0.2, 0) is 0 Å². The summed E-state index contributed by atoms with van der Waals surface area (Å²) in [6.45, 7) is 3.83. The van der Waals surface area contributed by atoms with Crippen LogP contribution in [0, 0.1) is 0 Å². The van der Waals surface area contributed by atoms with Crippen molar-refractivity contribution in [1.29, 1.82) is 0 Å². The molecule has 0 spiro atoms. The Balaban J connectivity index is 1.82. The average Bonchev–Trinajstić information content (AvgIpc) is 2.90. The molecule has 1 aliphatic heterocycles. The van der Waals surface area contributed by atoms with Crippen molar-refractivity contribution in [3.63, 3.8) is 0 Å². The molecule has 1 atom stereocenters. The maximum atomic E-state index is 8.89. The summed E-state index contributed by atoms with van der Waals surface area (Å²) in [5.41, 5.74) is 0. The van der Waals surface area contributed by atoms with Crippen LogP contribution in [-0.4, -0.2) is 48.3 Å². The maximum absolute atomic E-state index is 8.89. The van der Waals surface area contributed by atoms with Gasteiger partial charge >= 0.3 is 0 Å². The molecule has 76 valence electrons. The van der Waals surface area contributed by atoms with Crippen molar-refractivity contribution in [2.24, 2.45) is 0 Å². The van der Waals surface area contributed by atoms with Crippen LogP contribution in [0.25, 0.3) is 0 Å². The molecule has 1 heterocycles. The minimum atomic E-state index is 0.316. The minimum Gasteiger partial charge on any atom is -0.396 e. The standard InChI is InChI=1S/C10H20N2O/c13-7-4-9-8-12(10-2-3-10)6-1-5-11-9/h9-11,13H,1-8H2. The van der Waals surface area contributed by atoms with Crippen molar-refractivity contribution in [3.05, 3.63) is 0 Å². The third kappa shape index (κ3) is 2.66. The molecule has 2 aliphatic rings. The van der Waals surface area contributed by atoms with Gasteiger partial charge in [0.15, 0.2) is 0 Å². The zero-order valence-electron chi connectivity index (χ0n) is 8.21. The van der Waals surface area contributed by atoms with Crippen molar-refractivity contribution in [1.82, 2.24) is 10.2 Å². The average molecular weight is 184 g/mol. The largest absolute Gasteiger partial charge is 0.396 e. The number of hydrogen-bond donors (Lipinski definition) is 2. The van der Waals surface area contributed by atoms with Crippen molar-refractivity contribution in [2.75, 3.05) is 26.2 Å². The van der Waals surface area contributed by atoms with E-state index in [-0.39, 0.29) is 0 Å². The van der Waals surface area contributed by atoms with Gasteiger partial charge in [0.2, 0.25) is 0 Å². The third-order valence-electron chi connectivity index (χ3n) is 3.05. The second-order valence-corrected chi connectivity index (χ2v) is 4.24. The van der Waals surface area contributed by atoms with Crippen LogP contribution in [0.4, 0.5) is 0 Å². The molecule has 3 nitrogen and oxygen atoms in total. The third-order valence-corrected chi connectivity index (χ3v) is 3.05. The molecule has 2 rings (SSSR count). The van der Waals surface area contributed by atoms with Gasteiger partial charge in [-0.3, -0.25) is 4.90 Å². The minimum absolute atomic E-state index is 0.316. The van der Waals surface area contributed by atoms with E-state index in [4.69, 9.17) is 5.11 Å². The van der Waals surface area contributed by atoms with Crippen molar-refractivity contribution in [3.8, 4) is 0 Å². The lowest BCUT2D eigenvalue weighted by molar-refractivity contribution is 0.222. The Hall–Kier alpha value is -0.120. The van der Waals surface area contributed by atoms with Gasteiger partial charge in [-0.1, -0.05) is 0 Å². The van der Waals surface area contributed by atoms with Gasteiger partial charge in [-0.2, -0.15) is 0 Å². The SMILES string of the molecule is OCCC1CN(C2CC2)CCCN1. The van der Waals surface area contributed by atoms with Gasteiger partial charge in [0, 0.05) is 25.2 Å². The first kappa shape index (κ1) is 9.44. The van der Waals surface area contributed by atoms with E-state index >= 15 is 0 Å². The Labute approximate surface area is 80.1 Å². The molecular formula is C10H20N2O. The van der Waals surface area contributed by atoms with Crippen molar-refractivity contribution < 1.29 is 5.11 Å². The zero-order chi connectivity index (χ0) is 9.10. The fraction of sp³-hybridized carbons (Fsp3) is 1.00. The van der Waals surface area contributed by atoms with E-state index in [9.17, 15) is 0 Å². The van der Waals surface area contributed by atoms with E-state index in [1.165, 1.54) is 25.8 Å². The predicted octanol–water partition coefficient (Wildman–Crippen LogP) is 0.195. The summed E-state index contributed by atoms with van der Waals surface area (Å²) in [5, 5.41) is 12.4. The summed E-state index contributed by atoms with van der Waals surface area (Å²) in [6, 6.07) is 1.40. The summed E-state index contributed by atoms with van der Waals surface area (Å²) in [6.07, 6.45) is 4.96. The van der Waals surface area contributed by atoms with Crippen LogP contribution in [0.2, 0.25) is 0 Å². The lowest BCUT2D eigenvalue weighted by atomic mass is 10.2. The lowest BCUT2D eigenvalue weighted by Crippen LogP contribution is -2.39. The van der Waals surface area contributed by atoms with E-state index in [0.29, 0.717) is 12.6 Å². The van der Waals surface area contributed by atoms with E-state index < -0.39 is 0 Å². The Morgan fingerprint density at radius 2 is 2.23 bits per heavy atom. The quantitative estimate of drug-likeness (QED) is 0.657. The molecule has 3 heteroatoms. The number of aliphatic hydroxyl groups excluding tert-OH is 1. The zero-order valence-corrected chi connectivity index (χ0v) is 8.21. The number of nitrogens with zero attached hydrogens (tertiary/aromatic N) is 1. The maximum Gasteiger partial charge on any atom is 0.0446 e. The molecule has 2 N–H and O–H groups in total. The Morgan fingerprint density at radius 3 is 2.92 bits per heavy atom. The molecule has 13 heavy (non-hydrogen) atoms. The van der Waals surface area contributed by atoms with Crippen molar-refractivity contribution in [2.45, 2.75) is 37.8 Å². The highest BCUT2D eigenvalue weighted by molar-refractivity contribution is 4.88. The van der Waals surface area contributed by atoms with Gasteiger partial charge < -0.3 is 10.4 Å². The predicted molar refractivity (Wildman–Crippen MR) is 52.7 cm³/mol. The summed E-state index contributed by atoms with van der Waals surface area (Å²) >= 11 is 0. The smallest absolute Gasteiger partial charge is 0.0446 e. The Morgan fingerprint density at radius 1 is 1.38 bits per heavy atom. The number of nitrogens with one attached hydrogen (secondary N) is 1. The highest BCUT2D eigenvalue weighted by Gasteiger charge is 2.30. The molecule has 0 radical (unpaired) electrons. The highest BCUT2D eigenvalue weighted by atomic mass is 16.3.